The van der Waals surface area contributed by atoms with Crippen molar-refractivity contribution in [2.75, 3.05) is 0 Å². The van der Waals surface area contributed by atoms with E-state index in [-0.39, 0.29) is 17.1 Å². The number of nitrogens with one attached hydrogen (secondary N) is 1. The summed E-state index contributed by atoms with van der Waals surface area (Å²) in [6.45, 7) is 1.86. The number of hydrogen-bond donors (Lipinski definition) is 3. The summed E-state index contributed by atoms with van der Waals surface area (Å²) in [5, 5.41) is 22.9. The first-order chi connectivity index (χ1) is 9.58. The van der Waals surface area contributed by atoms with Crippen LogP contribution in [0.4, 0.5) is 0 Å². The van der Waals surface area contributed by atoms with Gasteiger partial charge in [-0.1, -0.05) is 18.2 Å². The molecule has 102 valence electrons. The van der Waals surface area contributed by atoms with Crippen molar-refractivity contribution < 1.29 is 15.0 Å². The maximum atomic E-state index is 11.7. The van der Waals surface area contributed by atoms with E-state index in [0.717, 1.165) is 5.56 Å². The first-order valence-electron chi connectivity index (χ1n) is 5.99. The SMILES string of the molecule is Cc1ccc(C=NNC(=O)c2ccccc2O)c(O)c1. The molecule has 0 fully saturated rings. The molecule has 0 aliphatic heterocycles. The van der Waals surface area contributed by atoms with E-state index >= 15 is 0 Å². The fourth-order valence-corrected chi connectivity index (χ4v) is 1.65. The molecule has 0 bridgehead atoms. The first kappa shape index (κ1) is 13.6. The highest BCUT2D eigenvalue weighted by Crippen LogP contribution is 2.17. The monoisotopic (exact) mass is 270 g/mol. The number of aryl methyl sites for hydroxylation is 1. The standard InChI is InChI=1S/C15H14N2O3/c1-10-6-7-11(14(19)8-10)9-16-17-15(20)12-4-2-3-5-13(12)18/h2-9,18-19H,1H3,(H,17,20). The molecule has 20 heavy (non-hydrogen) atoms. The van der Waals surface area contributed by atoms with Gasteiger partial charge in [0, 0.05) is 5.56 Å². The normalized spacial score (nSPS) is 10.7. The van der Waals surface area contributed by atoms with Crippen LogP contribution < -0.4 is 5.43 Å². The van der Waals surface area contributed by atoms with Crippen LogP contribution in [-0.2, 0) is 0 Å². The molecule has 0 heterocycles. The van der Waals surface area contributed by atoms with Gasteiger partial charge in [-0.3, -0.25) is 4.79 Å². The van der Waals surface area contributed by atoms with Gasteiger partial charge in [-0.25, -0.2) is 5.43 Å². The largest absolute Gasteiger partial charge is 0.507 e. The number of carbonyl (C=O) groups excluding carboxylic acids is 1. The molecular formula is C15H14N2O3. The number of amides is 1. The number of carbonyl (C=O) groups is 1. The molecule has 0 radical (unpaired) electrons. The van der Waals surface area contributed by atoms with Gasteiger partial charge in [0.25, 0.3) is 5.91 Å². The highest BCUT2D eigenvalue weighted by Gasteiger charge is 2.08. The smallest absolute Gasteiger partial charge is 0.275 e. The van der Waals surface area contributed by atoms with Crippen molar-refractivity contribution in [1.82, 2.24) is 5.43 Å². The Morgan fingerprint density at radius 3 is 2.60 bits per heavy atom. The van der Waals surface area contributed by atoms with Crippen molar-refractivity contribution in [2.24, 2.45) is 5.10 Å². The third-order valence-corrected chi connectivity index (χ3v) is 2.70. The van der Waals surface area contributed by atoms with Gasteiger partial charge in [0.15, 0.2) is 0 Å². The van der Waals surface area contributed by atoms with Gasteiger partial charge in [-0.2, -0.15) is 5.10 Å². The highest BCUT2D eigenvalue weighted by atomic mass is 16.3. The lowest BCUT2D eigenvalue weighted by Gasteiger charge is -2.02. The van der Waals surface area contributed by atoms with Gasteiger partial charge >= 0.3 is 0 Å². The predicted octanol–water partition coefficient (Wildman–Crippen LogP) is 2.17. The van der Waals surface area contributed by atoms with Crippen LogP contribution in [0.25, 0.3) is 0 Å². The summed E-state index contributed by atoms with van der Waals surface area (Å²) in [6, 6.07) is 11.3. The van der Waals surface area contributed by atoms with Crippen molar-refractivity contribution in [2.45, 2.75) is 6.92 Å². The third-order valence-electron chi connectivity index (χ3n) is 2.70. The lowest BCUT2D eigenvalue weighted by atomic mass is 10.1. The molecule has 3 N–H and O–H groups in total. The molecule has 0 atom stereocenters. The summed E-state index contributed by atoms with van der Waals surface area (Å²) in [5.74, 6) is -0.546. The molecule has 0 unspecified atom stereocenters. The van der Waals surface area contributed by atoms with Crippen molar-refractivity contribution >= 4 is 12.1 Å². The van der Waals surface area contributed by atoms with Gasteiger partial charge in [0.2, 0.25) is 0 Å². The molecule has 5 nitrogen and oxygen atoms in total. The average molecular weight is 270 g/mol. The van der Waals surface area contributed by atoms with E-state index in [0.29, 0.717) is 5.56 Å². The number of nitrogens with zero attached hydrogens (tertiary/aromatic N) is 1. The van der Waals surface area contributed by atoms with Crippen LogP contribution in [0.2, 0.25) is 0 Å². The molecule has 0 aromatic heterocycles. The Bertz CT molecular complexity index is 666. The van der Waals surface area contributed by atoms with E-state index in [4.69, 9.17) is 0 Å². The zero-order valence-corrected chi connectivity index (χ0v) is 10.9. The van der Waals surface area contributed by atoms with Gasteiger partial charge in [-0.15, -0.1) is 0 Å². The molecule has 2 aromatic carbocycles. The summed E-state index contributed by atoms with van der Waals surface area (Å²) >= 11 is 0. The number of phenols is 2. The Labute approximate surface area is 116 Å². The molecule has 5 heteroatoms. The minimum absolute atomic E-state index is 0.0885. The minimum Gasteiger partial charge on any atom is -0.507 e. The summed E-state index contributed by atoms with van der Waals surface area (Å²) < 4.78 is 0. The van der Waals surface area contributed by atoms with Crippen molar-refractivity contribution in [1.29, 1.82) is 0 Å². The van der Waals surface area contributed by atoms with Crippen molar-refractivity contribution in [3.63, 3.8) is 0 Å². The summed E-state index contributed by atoms with van der Waals surface area (Å²) in [5.41, 5.74) is 3.85. The fourth-order valence-electron chi connectivity index (χ4n) is 1.65. The fraction of sp³-hybridized carbons (Fsp3) is 0.0667. The lowest BCUT2D eigenvalue weighted by Crippen LogP contribution is -2.17. The molecule has 2 rings (SSSR count). The zero-order valence-electron chi connectivity index (χ0n) is 10.9. The van der Waals surface area contributed by atoms with E-state index in [1.807, 2.05) is 13.0 Å². The Kier molecular flexibility index (Phi) is 4.00. The number of hydrogen-bond acceptors (Lipinski definition) is 4. The van der Waals surface area contributed by atoms with Crippen LogP contribution in [0.1, 0.15) is 21.5 Å². The molecular weight excluding hydrogens is 256 g/mol. The van der Waals surface area contributed by atoms with Crippen LogP contribution in [0.15, 0.2) is 47.6 Å². The van der Waals surface area contributed by atoms with Crippen LogP contribution in [-0.4, -0.2) is 22.3 Å². The Morgan fingerprint density at radius 2 is 1.90 bits per heavy atom. The number of hydrazone groups is 1. The Morgan fingerprint density at radius 1 is 1.15 bits per heavy atom. The van der Waals surface area contributed by atoms with Crippen molar-refractivity contribution in [3.8, 4) is 11.5 Å². The first-order valence-corrected chi connectivity index (χ1v) is 5.99. The molecule has 0 aliphatic rings. The topological polar surface area (TPSA) is 81.9 Å². The number of rotatable bonds is 3. The lowest BCUT2D eigenvalue weighted by molar-refractivity contribution is 0.0952. The molecule has 1 amide bonds. The van der Waals surface area contributed by atoms with Gasteiger partial charge in [-0.05, 0) is 36.8 Å². The summed E-state index contributed by atoms with van der Waals surface area (Å²) in [7, 11) is 0. The van der Waals surface area contributed by atoms with E-state index < -0.39 is 5.91 Å². The minimum atomic E-state index is -0.522. The van der Waals surface area contributed by atoms with Crippen molar-refractivity contribution in [3.05, 3.63) is 59.2 Å². The molecule has 0 saturated carbocycles. The maximum absolute atomic E-state index is 11.7. The van der Waals surface area contributed by atoms with Crippen LogP contribution in [0.3, 0.4) is 0 Å². The molecule has 2 aromatic rings. The summed E-state index contributed by atoms with van der Waals surface area (Å²) in [4.78, 5) is 11.7. The Balaban J connectivity index is 2.07. The van der Waals surface area contributed by atoms with Crippen LogP contribution in [0, 0.1) is 6.92 Å². The molecule has 0 aliphatic carbocycles. The quantitative estimate of drug-likeness (QED) is 0.590. The van der Waals surface area contributed by atoms with E-state index in [9.17, 15) is 15.0 Å². The number of benzene rings is 2. The number of phenolic OH excluding ortho intramolecular Hbond substituents is 2. The van der Waals surface area contributed by atoms with Crippen LogP contribution >= 0.6 is 0 Å². The highest BCUT2D eigenvalue weighted by molar-refractivity contribution is 5.97. The maximum Gasteiger partial charge on any atom is 0.275 e. The van der Waals surface area contributed by atoms with E-state index in [1.54, 1.807) is 24.3 Å². The van der Waals surface area contributed by atoms with Gasteiger partial charge in [0.1, 0.15) is 11.5 Å². The van der Waals surface area contributed by atoms with Crippen LogP contribution in [0.5, 0.6) is 11.5 Å². The third kappa shape index (κ3) is 3.14. The van der Waals surface area contributed by atoms with Gasteiger partial charge < -0.3 is 10.2 Å². The second-order valence-corrected chi connectivity index (χ2v) is 4.28. The summed E-state index contributed by atoms with van der Waals surface area (Å²) in [6.07, 6.45) is 1.34. The predicted molar refractivity (Wildman–Crippen MR) is 76.0 cm³/mol. The second-order valence-electron chi connectivity index (χ2n) is 4.28. The van der Waals surface area contributed by atoms with E-state index in [2.05, 4.69) is 10.5 Å². The zero-order chi connectivity index (χ0) is 14.5. The molecule has 0 spiro atoms. The average Bonchev–Trinajstić information content (AvgIpc) is 2.41. The number of para-hydroxylation sites is 1. The van der Waals surface area contributed by atoms with E-state index in [1.165, 1.54) is 18.3 Å². The Hall–Kier alpha value is -2.82. The second kappa shape index (κ2) is 5.88. The number of aromatic hydroxyl groups is 2. The van der Waals surface area contributed by atoms with Gasteiger partial charge in [0.05, 0.1) is 11.8 Å². The molecule has 0 saturated heterocycles.